The number of aliphatic hydroxyl groups excluding tert-OH is 1. The largest absolute Gasteiger partial charge is 0.388 e. The fourth-order valence-electron chi connectivity index (χ4n) is 3.51. The van der Waals surface area contributed by atoms with Crippen molar-refractivity contribution in [3.8, 4) is 0 Å². The molecule has 1 fully saturated rings. The number of hydrogen-bond donors (Lipinski definition) is 1. The minimum absolute atomic E-state index is 0.210. The molecule has 0 bridgehead atoms. The molecule has 1 aliphatic carbocycles. The van der Waals surface area contributed by atoms with E-state index in [0.717, 1.165) is 35.6 Å². The van der Waals surface area contributed by atoms with Gasteiger partial charge in [-0.3, -0.25) is 10.1 Å². The molecular weight excluding hydrogens is 266 g/mol. The average molecular weight is 285 g/mol. The van der Waals surface area contributed by atoms with E-state index < -0.39 is 12.1 Å². The van der Waals surface area contributed by atoms with Crippen LogP contribution in [0.2, 0.25) is 0 Å². The van der Waals surface area contributed by atoms with Crippen LogP contribution in [0.1, 0.15) is 37.4 Å². The van der Waals surface area contributed by atoms with Gasteiger partial charge < -0.3 is 5.11 Å². The summed E-state index contributed by atoms with van der Waals surface area (Å²) in [5.41, 5.74) is 0.812. The molecule has 0 amide bonds. The second-order valence-electron chi connectivity index (χ2n) is 5.81. The van der Waals surface area contributed by atoms with Crippen LogP contribution < -0.4 is 0 Å². The molecule has 0 heterocycles. The van der Waals surface area contributed by atoms with Crippen molar-refractivity contribution in [2.45, 2.75) is 37.8 Å². The van der Waals surface area contributed by atoms with Crippen LogP contribution in [0.15, 0.2) is 42.5 Å². The maximum Gasteiger partial charge on any atom is 0.218 e. The molecule has 1 aliphatic rings. The van der Waals surface area contributed by atoms with Gasteiger partial charge in [-0.05, 0) is 29.2 Å². The zero-order valence-corrected chi connectivity index (χ0v) is 11.8. The Morgan fingerprint density at radius 1 is 1.10 bits per heavy atom. The summed E-state index contributed by atoms with van der Waals surface area (Å²) in [4.78, 5) is 11.0. The zero-order valence-electron chi connectivity index (χ0n) is 11.8. The lowest BCUT2D eigenvalue weighted by atomic mass is 9.78. The van der Waals surface area contributed by atoms with Gasteiger partial charge in [-0.2, -0.15) is 0 Å². The van der Waals surface area contributed by atoms with E-state index in [1.54, 1.807) is 0 Å². The Balaban J connectivity index is 1.99. The maximum atomic E-state index is 11.3. The number of nitro groups is 1. The normalized spacial score (nSPS) is 23.9. The Hall–Kier alpha value is -1.94. The number of aliphatic hydroxyl groups is 1. The lowest BCUT2D eigenvalue weighted by Gasteiger charge is -2.30. The molecule has 0 radical (unpaired) electrons. The highest BCUT2D eigenvalue weighted by atomic mass is 16.6. The summed E-state index contributed by atoms with van der Waals surface area (Å²) >= 11 is 0. The van der Waals surface area contributed by atoms with E-state index >= 15 is 0 Å². The molecule has 1 saturated carbocycles. The molecule has 4 heteroatoms. The maximum absolute atomic E-state index is 11.3. The van der Waals surface area contributed by atoms with Crippen LogP contribution in [-0.2, 0) is 0 Å². The fraction of sp³-hybridized carbons (Fsp3) is 0.412. The Morgan fingerprint density at radius 3 is 2.62 bits per heavy atom. The topological polar surface area (TPSA) is 63.4 Å². The van der Waals surface area contributed by atoms with Gasteiger partial charge in [0, 0.05) is 11.3 Å². The summed E-state index contributed by atoms with van der Waals surface area (Å²) in [5, 5.41) is 24.1. The zero-order chi connectivity index (χ0) is 14.8. The van der Waals surface area contributed by atoms with Gasteiger partial charge in [0.05, 0.1) is 12.0 Å². The Kier molecular flexibility index (Phi) is 3.88. The molecule has 3 rings (SSSR count). The summed E-state index contributed by atoms with van der Waals surface area (Å²) in [7, 11) is 0. The minimum Gasteiger partial charge on any atom is -0.388 e. The lowest BCUT2D eigenvalue weighted by molar-refractivity contribution is -0.538. The highest BCUT2D eigenvalue weighted by Gasteiger charge is 2.39. The van der Waals surface area contributed by atoms with Crippen LogP contribution in [0.25, 0.3) is 10.8 Å². The lowest BCUT2D eigenvalue weighted by Crippen LogP contribution is -2.36. The van der Waals surface area contributed by atoms with E-state index in [9.17, 15) is 15.2 Å². The minimum atomic E-state index is -0.771. The summed E-state index contributed by atoms with van der Waals surface area (Å²) in [5.74, 6) is -0.292. The van der Waals surface area contributed by atoms with E-state index in [4.69, 9.17) is 0 Å². The molecule has 3 atom stereocenters. The Labute approximate surface area is 123 Å². The predicted molar refractivity (Wildman–Crippen MR) is 81.6 cm³/mol. The molecule has 0 aromatic heterocycles. The third-order valence-electron chi connectivity index (χ3n) is 4.60. The third kappa shape index (κ3) is 2.63. The van der Waals surface area contributed by atoms with Gasteiger partial charge in [-0.25, -0.2) is 0 Å². The van der Waals surface area contributed by atoms with Crippen molar-refractivity contribution in [1.82, 2.24) is 0 Å². The molecule has 0 saturated heterocycles. The number of hydrogen-bond acceptors (Lipinski definition) is 3. The van der Waals surface area contributed by atoms with Crippen molar-refractivity contribution in [1.29, 1.82) is 0 Å². The molecule has 21 heavy (non-hydrogen) atoms. The number of rotatable bonds is 3. The summed E-state index contributed by atoms with van der Waals surface area (Å²) in [6.07, 6.45) is 2.35. The smallest absolute Gasteiger partial charge is 0.218 e. The standard InChI is InChI=1S/C17H19NO3/c19-17(15-9-3-4-11-16(15)18(20)21)14-10-5-7-12-6-1-2-8-13(12)14/h1-2,5-8,10,15-17,19H,3-4,9,11H2. The fourth-order valence-corrected chi connectivity index (χ4v) is 3.51. The van der Waals surface area contributed by atoms with E-state index in [1.807, 2.05) is 42.5 Å². The monoisotopic (exact) mass is 285 g/mol. The van der Waals surface area contributed by atoms with Gasteiger partial charge in [-0.1, -0.05) is 48.9 Å². The third-order valence-corrected chi connectivity index (χ3v) is 4.60. The molecule has 4 nitrogen and oxygen atoms in total. The molecular formula is C17H19NO3. The van der Waals surface area contributed by atoms with Crippen LogP contribution >= 0.6 is 0 Å². The van der Waals surface area contributed by atoms with Crippen molar-refractivity contribution in [2.75, 3.05) is 0 Å². The summed E-state index contributed by atoms with van der Waals surface area (Å²) in [6, 6.07) is 13.0. The molecule has 2 aromatic rings. The Morgan fingerprint density at radius 2 is 1.81 bits per heavy atom. The Bertz CT molecular complexity index is 650. The van der Waals surface area contributed by atoms with Gasteiger partial charge in [0.25, 0.3) is 0 Å². The van der Waals surface area contributed by atoms with E-state index in [0.29, 0.717) is 6.42 Å². The van der Waals surface area contributed by atoms with Crippen LogP contribution in [0.5, 0.6) is 0 Å². The van der Waals surface area contributed by atoms with Gasteiger partial charge in [0.15, 0.2) is 0 Å². The van der Waals surface area contributed by atoms with Crippen molar-refractivity contribution < 1.29 is 10.0 Å². The second kappa shape index (κ2) is 5.82. The SMILES string of the molecule is O=[N+]([O-])C1CCCCC1C(O)c1cccc2ccccc12. The molecule has 0 spiro atoms. The first-order valence-electron chi connectivity index (χ1n) is 7.47. The molecule has 3 unspecified atom stereocenters. The first-order chi connectivity index (χ1) is 10.2. The van der Waals surface area contributed by atoms with Crippen molar-refractivity contribution in [2.24, 2.45) is 5.92 Å². The van der Waals surface area contributed by atoms with Crippen molar-refractivity contribution in [3.05, 3.63) is 58.1 Å². The average Bonchev–Trinajstić information content (AvgIpc) is 2.53. The first kappa shape index (κ1) is 14.0. The van der Waals surface area contributed by atoms with Crippen LogP contribution in [0.3, 0.4) is 0 Å². The first-order valence-corrected chi connectivity index (χ1v) is 7.47. The van der Waals surface area contributed by atoms with E-state index in [2.05, 4.69) is 0 Å². The van der Waals surface area contributed by atoms with E-state index in [-0.39, 0.29) is 10.8 Å². The van der Waals surface area contributed by atoms with Crippen LogP contribution in [-0.4, -0.2) is 16.1 Å². The second-order valence-corrected chi connectivity index (χ2v) is 5.81. The summed E-state index contributed by atoms with van der Waals surface area (Å²) < 4.78 is 0. The van der Waals surface area contributed by atoms with Crippen LogP contribution in [0, 0.1) is 16.0 Å². The predicted octanol–water partition coefficient (Wildman–Crippen LogP) is 3.71. The van der Waals surface area contributed by atoms with Gasteiger partial charge in [0.2, 0.25) is 6.04 Å². The quantitative estimate of drug-likeness (QED) is 0.690. The molecule has 2 aromatic carbocycles. The van der Waals surface area contributed by atoms with Gasteiger partial charge >= 0.3 is 0 Å². The van der Waals surface area contributed by atoms with Crippen molar-refractivity contribution in [3.63, 3.8) is 0 Å². The van der Waals surface area contributed by atoms with Crippen molar-refractivity contribution >= 4 is 10.8 Å². The van der Waals surface area contributed by atoms with E-state index in [1.165, 1.54) is 0 Å². The highest BCUT2D eigenvalue weighted by Crippen LogP contribution is 2.38. The van der Waals surface area contributed by atoms with Gasteiger partial charge in [0.1, 0.15) is 0 Å². The molecule has 110 valence electrons. The van der Waals surface area contributed by atoms with Gasteiger partial charge in [-0.15, -0.1) is 0 Å². The number of benzene rings is 2. The number of nitrogens with zero attached hydrogens (tertiary/aromatic N) is 1. The molecule has 0 aliphatic heterocycles. The number of fused-ring (bicyclic) bond motifs is 1. The van der Waals surface area contributed by atoms with Crippen LogP contribution in [0.4, 0.5) is 0 Å². The highest BCUT2D eigenvalue weighted by molar-refractivity contribution is 5.86. The molecule has 1 N–H and O–H groups in total. The summed E-state index contributed by atoms with van der Waals surface area (Å²) in [6.45, 7) is 0.